The molecule has 1 atom stereocenters. The Kier molecular flexibility index (Phi) is 10.3. The number of amides is 2. The fourth-order valence-electron chi connectivity index (χ4n) is 1.49. The van der Waals surface area contributed by atoms with Gasteiger partial charge in [-0.3, -0.25) is 0 Å². The fourth-order valence-corrected chi connectivity index (χ4v) is 1.96. The van der Waals surface area contributed by atoms with Gasteiger partial charge in [-0.15, -0.1) is 0 Å². The van der Waals surface area contributed by atoms with Crippen LogP contribution in [0.3, 0.4) is 0 Å². The van der Waals surface area contributed by atoms with Crippen molar-refractivity contribution >= 4 is 23.8 Å². The van der Waals surface area contributed by atoms with E-state index in [1.54, 1.807) is 11.8 Å². The van der Waals surface area contributed by atoms with E-state index >= 15 is 0 Å². The molecule has 6 nitrogen and oxygen atoms in total. The number of hydrogen-bond acceptors (Lipinski definition) is 4. The van der Waals surface area contributed by atoms with Crippen molar-refractivity contribution in [2.24, 2.45) is 0 Å². The first-order valence-electron chi connectivity index (χ1n) is 6.84. The van der Waals surface area contributed by atoms with E-state index in [9.17, 15) is 9.59 Å². The van der Waals surface area contributed by atoms with E-state index in [-0.39, 0.29) is 0 Å². The highest BCUT2D eigenvalue weighted by Gasteiger charge is 2.18. The molecule has 0 aromatic rings. The largest absolute Gasteiger partial charge is 0.480 e. The minimum absolute atomic E-state index is 0.411. The molecule has 0 saturated heterocycles. The molecular weight excluding hydrogens is 278 g/mol. The van der Waals surface area contributed by atoms with E-state index in [0.717, 1.165) is 13.0 Å². The number of urea groups is 1. The van der Waals surface area contributed by atoms with Gasteiger partial charge in [-0.1, -0.05) is 0 Å². The molecule has 0 spiro atoms. The molecule has 2 amide bonds. The van der Waals surface area contributed by atoms with Gasteiger partial charge in [0.15, 0.2) is 0 Å². The molecule has 118 valence electrons. The summed E-state index contributed by atoms with van der Waals surface area (Å²) in [5.41, 5.74) is 0. The Morgan fingerprint density at radius 1 is 1.35 bits per heavy atom. The van der Waals surface area contributed by atoms with Crippen molar-refractivity contribution < 1.29 is 14.7 Å². The zero-order chi connectivity index (χ0) is 15.5. The first-order chi connectivity index (χ1) is 9.38. The SMILES string of the molecule is CSCC[C@H](NC(=O)NCCCN(C)C(C)C)C(=O)O. The third-order valence-electron chi connectivity index (χ3n) is 3.07. The molecule has 20 heavy (non-hydrogen) atoms. The van der Waals surface area contributed by atoms with Crippen LogP contribution in [-0.4, -0.2) is 66.2 Å². The second-order valence-electron chi connectivity index (χ2n) is 5.00. The summed E-state index contributed by atoms with van der Waals surface area (Å²) < 4.78 is 0. The molecule has 0 bridgehead atoms. The Bertz CT molecular complexity index is 301. The van der Waals surface area contributed by atoms with Crippen LogP contribution >= 0.6 is 11.8 Å². The van der Waals surface area contributed by atoms with E-state index in [2.05, 4.69) is 29.4 Å². The maximum atomic E-state index is 11.6. The topological polar surface area (TPSA) is 81.7 Å². The maximum Gasteiger partial charge on any atom is 0.326 e. The Balaban J connectivity index is 3.88. The highest BCUT2D eigenvalue weighted by Crippen LogP contribution is 2.01. The standard InChI is InChI=1S/C13H27N3O3S/c1-10(2)16(3)8-5-7-14-13(19)15-11(12(17)18)6-9-20-4/h10-11H,5-9H2,1-4H3,(H,17,18)(H2,14,15,19)/t11-/m0/s1. The van der Waals surface area contributed by atoms with Crippen LogP contribution in [0, 0.1) is 0 Å². The maximum absolute atomic E-state index is 11.6. The molecule has 0 rings (SSSR count). The van der Waals surface area contributed by atoms with E-state index in [0.29, 0.717) is 24.8 Å². The molecule has 0 heterocycles. The average Bonchev–Trinajstić information content (AvgIpc) is 2.38. The lowest BCUT2D eigenvalue weighted by Crippen LogP contribution is -2.46. The van der Waals surface area contributed by atoms with Gasteiger partial charge < -0.3 is 20.6 Å². The summed E-state index contributed by atoms with van der Waals surface area (Å²) in [5.74, 6) is -0.287. The Hall–Kier alpha value is -0.950. The van der Waals surface area contributed by atoms with Gasteiger partial charge >= 0.3 is 12.0 Å². The van der Waals surface area contributed by atoms with Gasteiger partial charge in [-0.25, -0.2) is 9.59 Å². The fraction of sp³-hybridized carbons (Fsp3) is 0.846. The quantitative estimate of drug-likeness (QED) is 0.529. The Labute approximate surface area is 125 Å². The number of nitrogens with one attached hydrogen (secondary N) is 2. The molecule has 0 aromatic carbocycles. The van der Waals surface area contributed by atoms with Crippen molar-refractivity contribution in [3.05, 3.63) is 0 Å². The number of rotatable bonds is 10. The smallest absolute Gasteiger partial charge is 0.326 e. The van der Waals surface area contributed by atoms with E-state index in [1.165, 1.54) is 0 Å². The lowest BCUT2D eigenvalue weighted by atomic mass is 10.2. The number of carbonyl (C=O) groups is 2. The van der Waals surface area contributed by atoms with Crippen molar-refractivity contribution in [1.29, 1.82) is 0 Å². The van der Waals surface area contributed by atoms with Crippen LogP contribution in [0.5, 0.6) is 0 Å². The zero-order valence-corrected chi connectivity index (χ0v) is 13.6. The van der Waals surface area contributed by atoms with Crippen molar-refractivity contribution in [3.63, 3.8) is 0 Å². The monoisotopic (exact) mass is 305 g/mol. The molecule has 3 N–H and O–H groups in total. The van der Waals surface area contributed by atoms with Gasteiger partial charge in [-0.2, -0.15) is 11.8 Å². The summed E-state index contributed by atoms with van der Waals surface area (Å²) in [7, 11) is 2.04. The average molecular weight is 305 g/mol. The molecule has 0 unspecified atom stereocenters. The van der Waals surface area contributed by atoms with Crippen molar-refractivity contribution in [3.8, 4) is 0 Å². The lowest BCUT2D eigenvalue weighted by molar-refractivity contribution is -0.139. The predicted octanol–water partition coefficient (Wildman–Crippen LogP) is 1.22. The summed E-state index contributed by atoms with van der Waals surface area (Å²) in [5, 5.41) is 14.2. The summed E-state index contributed by atoms with van der Waals surface area (Å²) in [6.07, 6.45) is 3.18. The van der Waals surface area contributed by atoms with Gasteiger partial charge in [0.05, 0.1) is 0 Å². The van der Waals surface area contributed by atoms with E-state index < -0.39 is 18.0 Å². The highest BCUT2D eigenvalue weighted by molar-refractivity contribution is 7.98. The van der Waals surface area contributed by atoms with Crippen LogP contribution in [0.2, 0.25) is 0 Å². The molecule has 0 aliphatic carbocycles. The van der Waals surface area contributed by atoms with E-state index in [1.807, 2.05) is 13.3 Å². The molecule has 0 saturated carbocycles. The third-order valence-corrected chi connectivity index (χ3v) is 3.71. The molecule has 0 fully saturated rings. The Morgan fingerprint density at radius 3 is 2.50 bits per heavy atom. The minimum atomic E-state index is -0.992. The third kappa shape index (κ3) is 9.03. The van der Waals surface area contributed by atoms with Gasteiger partial charge in [0.1, 0.15) is 6.04 Å². The van der Waals surface area contributed by atoms with Crippen molar-refractivity contribution in [1.82, 2.24) is 15.5 Å². The number of carboxylic acid groups (broad SMARTS) is 1. The first-order valence-corrected chi connectivity index (χ1v) is 8.24. The van der Waals surface area contributed by atoms with Crippen LogP contribution in [0.4, 0.5) is 4.79 Å². The molecule has 7 heteroatoms. The van der Waals surface area contributed by atoms with E-state index in [4.69, 9.17) is 5.11 Å². The summed E-state index contributed by atoms with van der Waals surface area (Å²) in [6.45, 7) is 5.66. The number of hydrogen-bond donors (Lipinski definition) is 3. The van der Waals surface area contributed by atoms with Crippen LogP contribution in [0.15, 0.2) is 0 Å². The number of carbonyl (C=O) groups excluding carboxylic acids is 1. The number of carboxylic acids is 1. The van der Waals surface area contributed by atoms with Gasteiger partial charge in [0.2, 0.25) is 0 Å². The van der Waals surface area contributed by atoms with Gasteiger partial charge in [0.25, 0.3) is 0 Å². The molecular formula is C13H27N3O3S. The first kappa shape index (κ1) is 19.1. The zero-order valence-electron chi connectivity index (χ0n) is 12.8. The minimum Gasteiger partial charge on any atom is -0.480 e. The van der Waals surface area contributed by atoms with Crippen LogP contribution < -0.4 is 10.6 Å². The van der Waals surface area contributed by atoms with Gasteiger partial charge in [-0.05, 0) is 52.3 Å². The van der Waals surface area contributed by atoms with Crippen molar-refractivity contribution in [2.75, 3.05) is 32.1 Å². The lowest BCUT2D eigenvalue weighted by Gasteiger charge is -2.21. The normalized spacial score (nSPS) is 12.5. The predicted molar refractivity (Wildman–Crippen MR) is 83.3 cm³/mol. The van der Waals surface area contributed by atoms with Crippen molar-refractivity contribution in [2.45, 2.75) is 38.8 Å². The van der Waals surface area contributed by atoms with Crippen LogP contribution in [0.1, 0.15) is 26.7 Å². The van der Waals surface area contributed by atoms with Crippen LogP contribution in [0.25, 0.3) is 0 Å². The Morgan fingerprint density at radius 2 is 2.00 bits per heavy atom. The number of thioether (sulfide) groups is 1. The van der Waals surface area contributed by atoms with Gasteiger partial charge in [0, 0.05) is 12.6 Å². The second-order valence-corrected chi connectivity index (χ2v) is 5.99. The summed E-state index contributed by atoms with van der Waals surface area (Å²) in [4.78, 5) is 24.8. The summed E-state index contributed by atoms with van der Waals surface area (Å²) in [6, 6.07) is -0.752. The molecule has 0 aliphatic heterocycles. The molecule has 0 aliphatic rings. The molecule has 0 aromatic heterocycles. The second kappa shape index (κ2) is 10.8. The molecule has 0 radical (unpaired) electrons. The number of nitrogens with zero attached hydrogens (tertiary/aromatic N) is 1. The number of aliphatic carboxylic acids is 1. The van der Waals surface area contributed by atoms with Crippen LogP contribution in [-0.2, 0) is 4.79 Å². The highest BCUT2D eigenvalue weighted by atomic mass is 32.2. The summed E-state index contributed by atoms with van der Waals surface area (Å²) >= 11 is 1.56.